The Morgan fingerprint density at radius 3 is 2.78 bits per heavy atom. The number of aromatic nitrogens is 2. The number of amides is 1. The molecule has 1 aliphatic carbocycles. The molecule has 0 aliphatic heterocycles. The quantitative estimate of drug-likeness (QED) is 0.680. The predicted molar refractivity (Wildman–Crippen MR) is 111 cm³/mol. The molecular weight excluding hydrogens is 380 g/mol. The number of ether oxygens (including phenoxy) is 1. The SMILES string of the molecule is COc1ccccc1Nc1nnc(SC(C)C(=O)N(C)C2CCCCC2)s1. The lowest BCUT2D eigenvalue weighted by Crippen LogP contribution is -2.42. The Labute approximate surface area is 168 Å². The number of carbonyl (C=O) groups excluding carboxylic acids is 1. The van der Waals surface area contributed by atoms with Crippen LogP contribution < -0.4 is 10.1 Å². The van der Waals surface area contributed by atoms with E-state index in [-0.39, 0.29) is 11.2 Å². The van der Waals surface area contributed by atoms with Gasteiger partial charge in [-0.1, -0.05) is 54.5 Å². The lowest BCUT2D eigenvalue weighted by Gasteiger charge is -2.32. The Morgan fingerprint density at radius 2 is 2.04 bits per heavy atom. The maximum atomic E-state index is 12.8. The van der Waals surface area contributed by atoms with Gasteiger partial charge in [-0.05, 0) is 31.9 Å². The molecule has 3 rings (SSSR count). The minimum atomic E-state index is -0.177. The Bertz CT molecular complexity index is 762. The zero-order chi connectivity index (χ0) is 19.2. The minimum Gasteiger partial charge on any atom is -0.495 e. The summed E-state index contributed by atoms with van der Waals surface area (Å²) in [5.74, 6) is 0.917. The second-order valence-corrected chi connectivity index (χ2v) is 9.26. The summed E-state index contributed by atoms with van der Waals surface area (Å²) in [5.41, 5.74) is 0.842. The second kappa shape index (κ2) is 9.41. The van der Waals surface area contributed by atoms with E-state index < -0.39 is 0 Å². The number of rotatable bonds is 7. The molecule has 0 saturated heterocycles. The van der Waals surface area contributed by atoms with Gasteiger partial charge in [0.25, 0.3) is 0 Å². The summed E-state index contributed by atoms with van der Waals surface area (Å²) in [6.07, 6.45) is 5.96. The number of carbonyl (C=O) groups is 1. The van der Waals surface area contributed by atoms with Crippen LogP contribution in [0.5, 0.6) is 5.75 Å². The largest absolute Gasteiger partial charge is 0.495 e. The van der Waals surface area contributed by atoms with Gasteiger partial charge in [0.2, 0.25) is 11.0 Å². The number of hydrogen-bond acceptors (Lipinski definition) is 7. The fraction of sp³-hybridized carbons (Fsp3) is 0.526. The van der Waals surface area contributed by atoms with Crippen molar-refractivity contribution in [3.8, 4) is 5.75 Å². The van der Waals surface area contributed by atoms with E-state index in [1.54, 1.807) is 7.11 Å². The van der Waals surface area contributed by atoms with E-state index in [2.05, 4.69) is 15.5 Å². The lowest BCUT2D eigenvalue weighted by atomic mass is 9.94. The molecule has 0 radical (unpaired) electrons. The maximum Gasteiger partial charge on any atom is 0.235 e. The van der Waals surface area contributed by atoms with Crippen molar-refractivity contribution >= 4 is 39.8 Å². The molecular formula is C19H26N4O2S2. The van der Waals surface area contributed by atoms with Gasteiger partial charge in [0, 0.05) is 13.1 Å². The lowest BCUT2D eigenvalue weighted by molar-refractivity contribution is -0.131. The number of benzene rings is 1. The van der Waals surface area contributed by atoms with E-state index >= 15 is 0 Å². The van der Waals surface area contributed by atoms with Crippen molar-refractivity contribution in [2.75, 3.05) is 19.5 Å². The van der Waals surface area contributed by atoms with Gasteiger partial charge in [0.1, 0.15) is 5.75 Å². The molecule has 1 aliphatic rings. The van der Waals surface area contributed by atoms with Crippen molar-refractivity contribution in [3.05, 3.63) is 24.3 Å². The monoisotopic (exact) mass is 406 g/mol. The molecule has 27 heavy (non-hydrogen) atoms. The van der Waals surface area contributed by atoms with Gasteiger partial charge in [-0.3, -0.25) is 4.79 Å². The standard InChI is InChI=1S/C19H26N4O2S2/c1-13(17(24)23(2)14-9-5-4-6-10-14)26-19-22-21-18(27-19)20-15-11-7-8-12-16(15)25-3/h7-8,11-14H,4-6,9-10H2,1-3H3,(H,20,21). The predicted octanol–water partition coefficient (Wildman–Crippen LogP) is 4.56. The fourth-order valence-electron chi connectivity index (χ4n) is 3.31. The molecule has 0 spiro atoms. The highest BCUT2D eigenvalue weighted by atomic mass is 32.2. The van der Waals surface area contributed by atoms with Crippen LogP contribution >= 0.6 is 23.1 Å². The van der Waals surface area contributed by atoms with Crippen LogP contribution in [0.25, 0.3) is 0 Å². The molecule has 1 unspecified atom stereocenters. The van der Waals surface area contributed by atoms with Crippen molar-refractivity contribution in [2.24, 2.45) is 0 Å². The summed E-state index contributed by atoms with van der Waals surface area (Å²) in [6.45, 7) is 1.95. The molecule has 1 fully saturated rings. The Hall–Kier alpha value is -1.80. The average molecular weight is 407 g/mol. The fourth-order valence-corrected chi connectivity index (χ4v) is 5.32. The Morgan fingerprint density at radius 1 is 1.30 bits per heavy atom. The Kier molecular flexibility index (Phi) is 6.95. The first-order valence-electron chi connectivity index (χ1n) is 9.25. The second-order valence-electron chi connectivity index (χ2n) is 6.70. The number of anilines is 2. The summed E-state index contributed by atoms with van der Waals surface area (Å²) < 4.78 is 6.13. The zero-order valence-electron chi connectivity index (χ0n) is 16.0. The molecule has 2 aromatic rings. The van der Waals surface area contributed by atoms with Crippen molar-refractivity contribution in [2.45, 2.75) is 54.7 Å². The van der Waals surface area contributed by atoms with E-state index in [0.29, 0.717) is 11.2 Å². The van der Waals surface area contributed by atoms with Crippen molar-refractivity contribution in [1.82, 2.24) is 15.1 Å². The van der Waals surface area contributed by atoms with Gasteiger partial charge in [0.05, 0.1) is 18.0 Å². The minimum absolute atomic E-state index is 0.168. The van der Waals surface area contributed by atoms with Crippen LogP contribution in [-0.2, 0) is 4.79 Å². The molecule has 0 bridgehead atoms. The van der Waals surface area contributed by atoms with Crippen LogP contribution in [0.2, 0.25) is 0 Å². The van der Waals surface area contributed by atoms with Crippen LogP contribution in [0.4, 0.5) is 10.8 Å². The van der Waals surface area contributed by atoms with Gasteiger partial charge in [0.15, 0.2) is 4.34 Å². The molecule has 1 aromatic carbocycles. The molecule has 1 saturated carbocycles. The van der Waals surface area contributed by atoms with Gasteiger partial charge in [-0.15, -0.1) is 10.2 Å². The van der Waals surface area contributed by atoms with E-state index in [1.807, 2.05) is 43.1 Å². The van der Waals surface area contributed by atoms with Crippen molar-refractivity contribution in [3.63, 3.8) is 0 Å². The molecule has 1 heterocycles. The number of methoxy groups -OCH3 is 1. The average Bonchev–Trinajstić information content (AvgIpc) is 3.14. The summed E-state index contributed by atoms with van der Waals surface area (Å²) in [7, 11) is 3.57. The summed E-state index contributed by atoms with van der Waals surface area (Å²) in [4.78, 5) is 14.7. The van der Waals surface area contributed by atoms with Crippen LogP contribution in [0.3, 0.4) is 0 Å². The number of thioether (sulfide) groups is 1. The highest BCUT2D eigenvalue weighted by molar-refractivity contribution is 8.02. The third kappa shape index (κ3) is 5.13. The van der Waals surface area contributed by atoms with Crippen LogP contribution in [0.15, 0.2) is 28.6 Å². The van der Waals surface area contributed by atoms with Gasteiger partial charge in [-0.2, -0.15) is 0 Å². The first-order valence-corrected chi connectivity index (χ1v) is 10.9. The molecule has 6 nitrogen and oxygen atoms in total. The van der Waals surface area contributed by atoms with Gasteiger partial charge < -0.3 is 15.0 Å². The first-order chi connectivity index (χ1) is 13.1. The topological polar surface area (TPSA) is 67.3 Å². The normalized spacial score (nSPS) is 16.0. The highest BCUT2D eigenvalue weighted by Gasteiger charge is 2.27. The third-order valence-electron chi connectivity index (χ3n) is 4.85. The van der Waals surface area contributed by atoms with Crippen LogP contribution in [-0.4, -0.2) is 46.5 Å². The molecule has 1 atom stereocenters. The molecule has 146 valence electrons. The van der Waals surface area contributed by atoms with E-state index in [1.165, 1.54) is 42.4 Å². The van der Waals surface area contributed by atoms with E-state index in [4.69, 9.17) is 4.74 Å². The van der Waals surface area contributed by atoms with Gasteiger partial charge in [-0.25, -0.2) is 0 Å². The van der Waals surface area contributed by atoms with Gasteiger partial charge >= 0.3 is 0 Å². The molecule has 1 N–H and O–H groups in total. The smallest absolute Gasteiger partial charge is 0.235 e. The summed E-state index contributed by atoms with van der Waals surface area (Å²) in [5, 5.41) is 12.1. The Balaban J connectivity index is 1.58. The first kappa shape index (κ1) is 19.9. The summed E-state index contributed by atoms with van der Waals surface area (Å²) in [6, 6.07) is 8.05. The molecule has 8 heteroatoms. The van der Waals surface area contributed by atoms with Crippen LogP contribution in [0.1, 0.15) is 39.0 Å². The number of para-hydroxylation sites is 2. The number of nitrogens with one attached hydrogen (secondary N) is 1. The van der Waals surface area contributed by atoms with E-state index in [9.17, 15) is 4.79 Å². The third-order valence-corrected chi connectivity index (χ3v) is 6.86. The summed E-state index contributed by atoms with van der Waals surface area (Å²) >= 11 is 2.91. The van der Waals surface area contributed by atoms with E-state index in [0.717, 1.165) is 28.6 Å². The highest BCUT2D eigenvalue weighted by Crippen LogP contribution is 2.34. The number of nitrogens with zero attached hydrogens (tertiary/aromatic N) is 3. The zero-order valence-corrected chi connectivity index (χ0v) is 17.6. The molecule has 1 amide bonds. The van der Waals surface area contributed by atoms with Crippen molar-refractivity contribution in [1.29, 1.82) is 0 Å². The van der Waals surface area contributed by atoms with Crippen LogP contribution in [0, 0.1) is 0 Å². The maximum absolute atomic E-state index is 12.8. The number of hydrogen-bond donors (Lipinski definition) is 1. The molecule has 1 aromatic heterocycles. The van der Waals surface area contributed by atoms with Crippen molar-refractivity contribution < 1.29 is 9.53 Å².